The van der Waals surface area contributed by atoms with E-state index in [-0.39, 0.29) is 43.7 Å². The normalized spacial score (nSPS) is 37.5. The first-order valence-electron chi connectivity index (χ1n) is 9.62. The number of methoxy groups -OCH3 is 1. The summed E-state index contributed by atoms with van der Waals surface area (Å²) in [5.74, 6) is -0.449. The molecule has 2 N–H and O–H groups in total. The molecular weight excluding hydrogens is 370 g/mol. The molecule has 0 aromatic carbocycles. The monoisotopic (exact) mass is 399 g/mol. The highest BCUT2D eigenvalue weighted by Gasteiger charge is 2.51. The van der Waals surface area contributed by atoms with Crippen LogP contribution >= 0.6 is 0 Å². The number of hydrogen-bond acceptors (Lipinski definition) is 8. The number of fused-ring (bicyclic) bond motifs is 2. The van der Waals surface area contributed by atoms with Gasteiger partial charge in [0, 0.05) is 13.5 Å². The third-order valence-corrected chi connectivity index (χ3v) is 5.21. The molecule has 0 radical (unpaired) electrons. The Hall–Kier alpha value is -1.36. The molecule has 3 heterocycles. The van der Waals surface area contributed by atoms with Crippen molar-refractivity contribution < 1.29 is 38.4 Å². The molecule has 0 aromatic rings. The summed E-state index contributed by atoms with van der Waals surface area (Å²) in [6, 6.07) is 0. The highest BCUT2D eigenvalue weighted by molar-refractivity contribution is 5.84. The molecule has 0 bridgehead atoms. The van der Waals surface area contributed by atoms with Gasteiger partial charge in [-0.15, -0.1) is 0 Å². The van der Waals surface area contributed by atoms with E-state index in [9.17, 15) is 14.7 Å². The molecule has 0 aliphatic carbocycles. The van der Waals surface area contributed by atoms with Crippen LogP contribution < -0.4 is 5.32 Å². The first-order chi connectivity index (χ1) is 13.5. The van der Waals surface area contributed by atoms with Gasteiger partial charge in [0.05, 0.1) is 44.0 Å². The molecule has 2 saturated heterocycles. The predicted octanol–water partition coefficient (Wildman–Crippen LogP) is -0.298. The first-order valence-corrected chi connectivity index (χ1v) is 9.62. The zero-order chi connectivity index (χ0) is 20.1. The third-order valence-electron chi connectivity index (χ3n) is 5.21. The van der Waals surface area contributed by atoms with E-state index < -0.39 is 30.5 Å². The van der Waals surface area contributed by atoms with Crippen LogP contribution in [0.25, 0.3) is 0 Å². The lowest BCUT2D eigenvalue weighted by Gasteiger charge is -2.49. The van der Waals surface area contributed by atoms with E-state index >= 15 is 0 Å². The fraction of sp³-hybridized carbons (Fsp3) is 0.789. The Morgan fingerprint density at radius 1 is 1.21 bits per heavy atom. The van der Waals surface area contributed by atoms with Crippen molar-refractivity contribution in [2.24, 2.45) is 0 Å². The van der Waals surface area contributed by atoms with Crippen molar-refractivity contribution in [2.45, 2.75) is 68.9 Å². The summed E-state index contributed by atoms with van der Waals surface area (Å²) in [7, 11) is 1.52. The number of nitrogens with one attached hydrogen (secondary N) is 1. The van der Waals surface area contributed by atoms with Gasteiger partial charge in [-0.2, -0.15) is 0 Å². The van der Waals surface area contributed by atoms with E-state index in [4.69, 9.17) is 23.7 Å². The standard InChI is InChI=1S/C19H29NO8/c1-11(21)9-20-16(22)8-14-13(26-10-24-2)7-15-19(28-14)17(23)18-12(27-15)5-3-4-6-25-18/h3-4,12-15,17-19,23H,5-10H2,1-2H3,(H,20,22)/t12-,13-,14+,15+,17+,18-,19+/m0/s1. The second-order valence-electron chi connectivity index (χ2n) is 7.38. The molecule has 3 aliphatic rings. The fourth-order valence-corrected chi connectivity index (χ4v) is 3.88. The van der Waals surface area contributed by atoms with Crippen LogP contribution in [0, 0.1) is 0 Å². The topological polar surface area (TPSA) is 113 Å². The number of ketones is 1. The van der Waals surface area contributed by atoms with Crippen LogP contribution in [0.4, 0.5) is 0 Å². The number of aliphatic hydroxyl groups excluding tert-OH is 1. The fourth-order valence-electron chi connectivity index (χ4n) is 3.88. The Labute approximate surface area is 164 Å². The molecular formula is C19H29NO8. The van der Waals surface area contributed by atoms with E-state index in [2.05, 4.69) is 5.32 Å². The Kier molecular flexibility index (Phi) is 7.55. The maximum Gasteiger partial charge on any atom is 0.223 e. The maximum absolute atomic E-state index is 12.2. The van der Waals surface area contributed by atoms with Crippen molar-refractivity contribution in [1.29, 1.82) is 0 Å². The number of aliphatic hydroxyl groups is 1. The highest BCUT2D eigenvalue weighted by Crippen LogP contribution is 2.36. The molecule has 0 unspecified atom stereocenters. The summed E-state index contributed by atoms with van der Waals surface area (Å²) in [6.07, 6.45) is 1.40. The molecule has 28 heavy (non-hydrogen) atoms. The summed E-state index contributed by atoms with van der Waals surface area (Å²) in [6.45, 7) is 1.84. The Balaban J connectivity index is 1.68. The number of amides is 1. The lowest BCUT2D eigenvalue weighted by atomic mass is 9.86. The molecule has 9 heteroatoms. The third kappa shape index (κ3) is 5.16. The molecule has 7 atom stereocenters. The zero-order valence-corrected chi connectivity index (χ0v) is 16.2. The van der Waals surface area contributed by atoms with E-state index in [1.807, 2.05) is 12.2 Å². The number of rotatable bonds is 7. The number of Topliss-reactive ketones (excluding diaryl/α,β-unsaturated/α-hetero) is 1. The Morgan fingerprint density at radius 3 is 2.79 bits per heavy atom. The molecule has 0 spiro atoms. The van der Waals surface area contributed by atoms with E-state index in [1.54, 1.807) is 0 Å². The SMILES string of the molecule is COCO[C@H]1C[C@H]2O[C@H]3CC=CCO[C@@H]3[C@@H](O)[C@@H]2O[C@@H]1CC(=O)NCC(C)=O. The van der Waals surface area contributed by atoms with Crippen molar-refractivity contribution in [3.05, 3.63) is 12.2 Å². The minimum atomic E-state index is -0.866. The van der Waals surface area contributed by atoms with Gasteiger partial charge in [-0.1, -0.05) is 12.2 Å². The Morgan fingerprint density at radius 2 is 2.04 bits per heavy atom. The number of carbonyl (C=O) groups is 2. The van der Waals surface area contributed by atoms with Crippen LogP contribution in [0.1, 0.15) is 26.2 Å². The van der Waals surface area contributed by atoms with E-state index in [0.29, 0.717) is 19.4 Å². The van der Waals surface area contributed by atoms with Crippen molar-refractivity contribution in [3.8, 4) is 0 Å². The smallest absolute Gasteiger partial charge is 0.223 e. The van der Waals surface area contributed by atoms with Gasteiger partial charge in [-0.3, -0.25) is 9.59 Å². The zero-order valence-electron chi connectivity index (χ0n) is 16.2. The van der Waals surface area contributed by atoms with Gasteiger partial charge in [-0.25, -0.2) is 0 Å². The minimum Gasteiger partial charge on any atom is -0.387 e. The van der Waals surface area contributed by atoms with Crippen molar-refractivity contribution in [1.82, 2.24) is 5.32 Å². The summed E-state index contributed by atoms with van der Waals surface area (Å²) < 4.78 is 28.7. The average molecular weight is 399 g/mol. The van der Waals surface area contributed by atoms with Gasteiger partial charge in [-0.05, 0) is 13.3 Å². The van der Waals surface area contributed by atoms with Crippen LogP contribution in [-0.2, 0) is 33.3 Å². The quantitative estimate of drug-likeness (QED) is 0.443. The molecule has 3 aliphatic heterocycles. The number of carbonyl (C=O) groups excluding carboxylic acids is 2. The van der Waals surface area contributed by atoms with Crippen molar-refractivity contribution >= 4 is 11.7 Å². The molecule has 0 saturated carbocycles. The second kappa shape index (κ2) is 9.91. The van der Waals surface area contributed by atoms with E-state index in [0.717, 1.165) is 0 Å². The van der Waals surface area contributed by atoms with Gasteiger partial charge < -0.3 is 34.1 Å². The van der Waals surface area contributed by atoms with Crippen molar-refractivity contribution in [2.75, 3.05) is 27.1 Å². The summed E-state index contributed by atoms with van der Waals surface area (Å²) in [4.78, 5) is 23.3. The molecule has 1 amide bonds. The lowest BCUT2D eigenvalue weighted by molar-refractivity contribution is -0.293. The van der Waals surface area contributed by atoms with Gasteiger partial charge in [0.2, 0.25) is 5.91 Å². The number of hydrogen-bond donors (Lipinski definition) is 2. The van der Waals surface area contributed by atoms with Crippen LogP contribution in [-0.4, -0.2) is 86.6 Å². The minimum absolute atomic E-state index is 0.00804. The molecule has 158 valence electrons. The summed E-state index contributed by atoms with van der Waals surface area (Å²) in [5, 5.41) is 13.4. The Bertz CT molecular complexity index is 582. The number of ether oxygens (including phenoxy) is 5. The van der Waals surface area contributed by atoms with Gasteiger partial charge >= 0.3 is 0 Å². The van der Waals surface area contributed by atoms with Crippen LogP contribution in [0.15, 0.2) is 12.2 Å². The summed E-state index contributed by atoms with van der Waals surface area (Å²) >= 11 is 0. The first kappa shape index (κ1) is 21.4. The average Bonchev–Trinajstić information content (AvgIpc) is 2.91. The van der Waals surface area contributed by atoms with Crippen LogP contribution in [0.5, 0.6) is 0 Å². The largest absolute Gasteiger partial charge is 0.387 e. The predicted molar refractivity (Wildman–Crippen MR) is 96.5 cm³/mol. The lowest BCUT2D eigenvalue weighted by Crippen LogP contribution is -2.64. The van der Waals surface area contributed by atoms with E-state index in [1.165, 1.54) is 14.0 Å². The molecule has 9 nitrogen and oxygen atoms in total. The highest BCUT2D eigenvalue weighted by atomic mass is 16.7. The molecule has 3 rings (SSSR count). The maximum atomic E-state index is 12.2. The molecule has 2 fully saturated rings. The second-order valence-corrected chi connectivity index (χ2v) is 7.38. The van der Waals surface area contributed by atoms with Gasteiger partial charge in [0.25, 0.3) is 0 Å². The van der Waals surface area contributed by atoms with Crippen molar-refractivity contribution in [3.63, 3.8) is 0 Å². The van der Waals surface area contributed by atoms with Gasteiger partial charge in [0.1, 0.15) is 30.9 Å². The van der Waals surface area contributed by atoms with Gasteiger partial charge in [0.15, 0.2) is 0 Å². The molecule has 0 aromatic heterocycles. The summed E-state index contributed by atoms with van der Waals surface area (Å²) in [5.41, 5.74) is 0. The van der Waals surface area contributed by atoms with Crippen LogP contribution in [0.3, 0.4) is 0 Å². The van der Waals surface area contributed by atoms with Crippen LogP contribution in [0.2, 0.25) is 0 Å².